The minimum Gasteiger partial charge on any atom is -0.462 e. The summed E-state index contributed by atoms with van der Waals surface area (Å²) in [4.78, 5) is 0. The second-order valence-corrected chi connectivity index (χ2v) is 3.64. The third-order valence-corrected chi connectivity index (χ3v) is 2.49. The maximum absolute atomic E-state index is 9.61. The highest BCUT2D eigenvalue weighted by molar-refractivity contribution is 5.21. The molecule has 0 amide bonds. The van der Waals surface area contributed by atoms with Crippen LogP contribution in [0, 0.1) is 0 Å². The monoisotopic (exact) mass is 226 g/mol. The van der Waals surface area contributed by atoms with E-state index >= 15 is 0 Å². The van der Waals surface area contributed by atoms with E-state index in [1.165, 1.54) is 0 Å². The highest BCUT2D eigenvalue weighted by Crippen LogP contribution is 2.24. The summed E-state index contributed by atoms with van der Waals surface area (Å²) in [5.74, 6) is 0.539. The Morgan fingerprint density at radius 3 is 2.38 bits per heavy atom. The van der Waals surface area contributed by atoms with E-state index in [-0.39, 0.29) is 6.61 Å². The van der Waals surface area contributed by atoms with E-state index in [0.29, 0.717) is 5.75 Å². The van der Waals surface area contributed by atoms with Crippen molar-refractivity contribution in [1.82, 2.24) is 0 Å². The molecule has 0 aromatic heterocycles. The molecule has 0 saturated carbocycles. The van der Waals surface area contributed by atoms with Gasteiger partial charge in [-0.3, -0.25) is 0 Å². The molecule has 3 N–H and O–H groups in total. The third-order valence-electron chi connectivity index (χ3n) is 2.49. The van der Waals surface area contributed by atoms with Crippen molar-refractivity contribution in [3.05, 3.63) is 30.3 Å². The smallest absolute Gasteiger partial charge is 0.229 e. The largest absolute Gasteiger partial charge is 0.462 e. The number of rotatable bonds is 3. The molecule has 2 rings (SSSR count). The van der Waals surface area contributed by atoms with Gasteiger partial charge in [0.1, 0.15) is 24.1 Å². The van der Waals surface area contributed by atoms with Gasteiger partial charge in [0.25, 0.3) is 0 Å². The quantitative estimate of drug-likeness (QED) is 0.648. The molecule has 88 valence electrons. The zero-order valence-electron chi connectivity index (χ0n) is 8.56. The Morgan fingerprint density at radius 2 is 1.81 bits per heavy atom. The van der Waals surface area contributed by atoms with Crippen LogP contribution in [-0.2, 0) is 4.74 Å². The predicted molar refractivity (Wildman–Crippen MR) is 54.8 cm³/mol. The Kier molecular flexibility index (Phi) is 3.40. The van der Waals surface area contributed by atoms with Crippen LogP contribution >= 0.6 is 0 Å². The SMILES string of the molecule is OC[C@H]1OC(Oc2ccccc2)[C@H](O)[C@H]1O. The Bertz CT molecular complexity index is 328. The first-order valence-electron chi connectivity index (χ1n) is 5.06. The van der Waals surface area contributed by atoms with Crippen LogP contribution in [0.15, 0.2) is 30.3 Å². The maximum Gasteiger partial charge on any atom is 0.229 e. The normalized spacial score (nSPS) is 33.9. The summed E-state index contributed by atoms with van der Waals surface area (Å²) in [7, 11) is 0. The van der Waals surface area contributed by atoms with Crippen molar-refractivity contribution in [3.63, 3.8) is 0 Å². The summed E-state index contributed by atoms with van der Waals surface area (Å²) >= 11 is 0. The van der Waals surface area contributed by atoms with Gasteiger partial charge < -0.3 is 24.8 Å². The van der Waals surface area contributed by atoms with Gasteiger partial charge in [-0.2, -0.15) is 0 Å². The molecule has 16 heavy (non-hydrogen) atoms. The van der Waals surface area contributed by atoms with Crippen molar-refractivity contribution in [2.45, 2.75) is 24.6 Å². The van der Waals surface area contributed by atoms with Gasteiger partial charge in [-0.25, -0.2) is 0 Å². The average Bonchev–Trinajstić information content (AvgIpc) is 2.58. The third kappa shape index (κ3) is 2.17. The molecule has 1 aliphatic rings. The number of ether oxygens (including phenoxy) is 2. The lowest BCUT2D eigenvalue weighted by Gasteiger charge is -2.16. The van der Waals surface area contributed by atoms with E-state index < -0.39 is 24.6 Å². The molecule has 0 spiro atoms. The Labute approximate surface area is 92.9 Å². The van der Waals surface area contributed by atoms with Gasteiger partial charge in [0, 0.05) is 0 Å². The number of hydrogen-bond acceptors (Lipinski definition) is 5. The Balaban J connectivity index is 2.01. The van der Waals surface area contributed by atoms with Crippen LogP contribution in [0.5, 0.6) is 5.75 Å². The van der Waals surface area contributed by atoms with Crippen molar-refractivity contribution in [3.8, 4) is 5.75 Å². The van der Waals surface area contributed by atoms with Gasteiger partial charge in [0.2, 0.25) is 6.29 Å². The van der Waals surface area contributed by atoms with Crippen LogP contribution in [0.25, 0.3) is 0 Å². The van der Waals surface area contributed by atoms with Crippen LogP contribution in [-0.4, -0.2) is 46.5 Å². The summed E-state index contributed by atoms with van der Waals surface area (Å²) in [6.45, 7) is -0.354. The molecule has 1 aliphatic heterocycles. The molecule has 0 aliphatic carbocycles. The lowest BCUT2D eigenvalue weighted by Crippen LogP contribution is -2.35. The van der Waals surface area contributed by atoms with Crippen LogP contribution in [0.2, 0.25) is 0 Å². The topological polar surface area (TPSA) is 79.2 Å². The molecule has 1 aromatic carbocycles. The Morgan fingerprint density at radius 1 is 1.12 bits per heavy atom. The standard InChI is InChI=1S/C11H14O5/c12-6-8-9(13)10(14)11(16-8)15-7-4-2-1-3-5-7/h1-5,8-14H,6H2/t8-,9+,10-,11?/m1/s1. The zero-order chi connectivity index (χ0) is 11.5. The zero-order valence-corrected chi connectivity index (χ0v) is 8.56. The molecular formula is C11H14O5. The molecule has 1 fully saturated rings. The summed E-state index contributed by atoms with van der Waals surface area (Å²) in [6, 6.07) is 8.85. The summed E-state index contributed by atoms with van der Waals surface area (Å²) in [6.07, 6.45) is -4.03. The van der Waals surface area contributed by atoms with E-state index in [9.17, 15) is 10.2 Å². The van der Waals surface area contributed by atoms with E-state index in [0.717, 1.165) is 0 Å². The molecule has 0 bridgehead atoms. The summed E-state index contributed by atoms with van der Waals surface area (Å²) in [5, 5.41) is 28.0. The van der Waals surface area contributed by atoms with Crippen molar-refractivity contribution in [2.75, 3.05) is 6.61 Å². The van der Waals surface area contributed by atoms with Crippen LogP contribution in [0.1, 0.15) is 0 Å². The van der Waals surface area contributed by atoms with Crippen LogP contribution < -0.4 is 4.74 Å². The summed E-state index contributed by atoms with van der Waals surface area (Å²) in [5.41, 5.74) is 0. The number of aliphatic hydroxyl groups is 3. The second-order valence-electron chi connectivity index (χ2n) is 3.64. The molecule has 5 heteroatoms. The van der Waals surface area contributed by atoms with Crippen molar-refractivity contribution >= 4 is 0 Å². The molecular weight excluding hydrogens is 212 g/mol. The van der Waals surface area contributed by atoms with Crippen molar-refractivity contribution in [2.24, 2.45) is 0 Å². The molecule has 1 unspecified atom stereocenters. The molecule has 1 heterocycles. The molecule has 4 atom stereocenters. The molecule has 1 saturated heterocycles. The number of para-hydroxylation sites is 1. The van der Waals surface area contributed by atoms with Gasteiger partial charge in [-0.05, 0) is 12.1 Å². The predicted octanol–water partition coefficient (Wildman–Crippen LogP) is -0.496. The first-order valence-corrected chi connectivity index (χ1v) is 5.06. The number of aliphatic hydroxyl groups excluding tert-OH is 3. The summed E-state index contributed by atoms with van der Waals surface area (Å²) < 4.78 is 10.5. The second kappa shape index (κ2) is 4.80. The van der Waals surface area contributed by atoms with Gasteiger partial charge in [-0.1, -0.05) is 18.2 Å². The van der Waals surface area contributed by atoms with E-state index in [1.54, 1.807) is 24.3 Å². The van der Waals surface area contributed by atoms with Crippen LogP contribution in [0.4, 0.5) is 0 Å². The minimum atomic E-state index is -1.16. The lowest BCUT2D eigenvalue weighted by molar-refractivity contribution is -0.116. The molecule has 0 radical (unpaired) electrons. The first-order chi connectivity index (χ1) is 7.72. The van der Waals surface area contributed by atoms with E-state index in [1.807, 2.05) is 6.07 Å². The van der Waals surface area contributed by atoms with Crippen LogP contribution in [0.3, 0.4) is 0 Å². The molecule has 5 nitrogen and oxygen atoms in total. The van der Waals surface area contributed by atoms with E-state index in [2.05, 4.69) is 0 Å². The van der Waals surface area contributed by atoms with Gasteiger partial charge >= 0.3 is 0 Å². The number of hydrogen-bond donors (Lipinski definition) is 3. The van der Waals surface area contributed by atoms with Crippen molar-refractivity contribution < 1.29 is 24.8 Å². The first kappa shape index (κ1) is 11.3. The average molecular weight is 226 g/mol. The van der Waals surface area contributed by atoms with Crippen molar-refractivity contribution in [1.29, 1.82) is 0 Å². The minimum absolute atomic E-state index is 0.354. The van der Waals surface area contributed by atoms with Gasteiger partial charge in [0.15, 0.2) is 0 Å². The lowest BCUT2D eigenvalue weighted by atomic mass is 10.1. The van der Waals surface area contributed by atoms with Gasteiger partial charge in [-0.15, -0.1) is 0 Å². The number of benzene rings is 1. The highest BCUT2D eigenvalue weighted by atomic mass is 16.7. The maximum atomic E-state index is 9.61. The highest BCUT2D eigenvalue weighted by Gasteiger charge is 2.43. The van der Waals surface area contributed by atoms with E-state index in [4.69, 9.17) is 14.6 Å². The van der Waals surface area contributed by atoms with Gasteiger partial charge in [0.05, 0.1) is 6.61 Å². The fraction of sp³-hybridized carbons (Fsp3) is 0.455. The Hall–Kier alpha value is -1.14. The molecule has 1 aromatic rings. The fourth-order valence-corrected chi connectivity index (χ4v) is 1.60. The fourth-order valence-electron chi connectivity index (χ4n) is 1.60.